The highest BCUT2D eigenvalue weighted by atomic mass is 15.3. The molecule has 102 valence electrons. The van der Waals surface area contributed by atoms with Crippen molar-refractivity contribution in [3.8, 4) is 0 Å². The number of aromatic nitrogens is 4. The standard InChI is InChI=1S/C14H21N5/c1-11-9-19(13-6-4-3-5-7-13)14(16-11)17-12-8-15-18(2)10-12/h8-10,13H,3-7H2,1-2H3,(H,16,17). The molecule has 2 aromatic rings. The lowest BCUT2D eigenvalue weighted by atomic mass is 9.95. The summed E-state index contributed by atoms with van der Waals surface area (Å²) in [6.45, 7) is 2.05. The molecule has 19 heavy (non-hydrogen) atoms. The van der Waals surface area contributed by atoms with Crippen LogP contribution in [0, 0.1) is 6.92 Å². The zero-order valence-corrected chi connectivity index (χ0v) is 11.6. The van der Waals surface area contributed by atoms with E-state index in [1.807, 2.05) is 26.4 Å². The van der Waals surface area contributed by atoms with Gasteiger partial charge in [0.15, 0.2) is 0 Å². The minimum absolute atomic E-state index is 0.592. The second-order valence-corrected chi connectivity index (χ2v) is 5.43. The van der Waals surface area contributed by atoms with E-state index in [9.17, 15) is 0 Å². The first kappa shape index (κ1) is 12.3. The van der Waals surface area contributed by atoms with Crippen molar-refractivity contribution in [1.82, 2.24) is 19.3 Å². The molecular weight excluding hydrogens is 238 g/mol. The molecule has 2 aromatic heterocycles. The maximum absolute atomic E-state index is 4.61. The summed E-state index contributed by atoms with van der Waals surface area (Å²) in [4.78, 5) is 4.61. The first-order chi connectivity index (χ1) is 9.22. The van der Waals surface area contributed by atoms with Gasteiger partial charge in [-0.3, -0.25) is 4.68 Å². The fourth-order valence-corrected chi connectivity index (χ4v) is 2.86. The second-order valence-electron chi connectivity index (χ2n) is 5.43. The van der Waals surface area contributed by atoms with Gasteiger partial charge >= 0.3 is 0 Å². The molecule has 0 radical (unpaired) electrons. The van der Waals surface area contributed by atoms with Gasteiger partial charge in [-0.1, -0.05) is 19.3 Å². The molecule has 0 aliphatic heterocycles. The Labute approximate surface area is 113 Å². The van der Waals surface area contributed by atoms with Crippen molar-refractivity contribution in [1.29, 1.82) is 0 Å². The normalized spacial score (nSPS) is 16.7. The summed E-state index contributed by atoms with van der Waals surface area (Å²) in [5, 5.41) is 7.56. The molecule has 1 aliphatic rings. The average Bonchev–Trinajstić information content (AvgIpc) is 2.97. The highest BCUT2D eigenvalue weighted by Gasteiger charge is 2.19. The summed E-state index contributed by atoms with van der Waals surface area (Å²) in [7, 11) is 1.92. The van der Waals surface area contributed by atoms with Gasteiger partial charge in [-0.15, -0.1) is 0 Å². The Balaban J connectivity index is 1.84. The van der Waals surface area contributed by atoms with Gasteiger partial charge in [0.1, 0.15) is 0 Å². The van der Waals surface area contributed by atoms with Crippen LogP contribution in [0.1, 0.15) is 43.8 Å². The maximum Gasteiger partial charge on any atom is 0.207 e. The first-order valence-corrected chi connectivity index (χ1v) is 7.03. The number of rotatable bonds is 3. The largest absolute Gasteiger partial charge is 0.323 e. The molecule has 5 nitrogen and oxygen atoms in total. The number of hydrogen-bond acceptors (Lipinski definition) is 3. The highest BCUT2D eigenvalue weighted by Crippen LogP contribution is 2.31. The van der Waals surface area contributed by atoms with E-state index in [1.165, 1.54) is 32.1 Å². The van der Waals surface area contributed by atoms with Crippen molar-refractivity contribution in [3.63, 3.8) is 0 Å². The van der Waals surface area contributed by atoms with Crippen molar-refractivity contribution in [2.24, 2.45) is 7.05 Å². The predicted molar refractivity (Wildman–Crippen MR) is 75.6 cm³/mol. The lowest BCUT2D eigenvalue weighted by molar-refractivity contribution is 0.356. The number of aryl methyl sites for hydroxylation is 2. The monoisotopic (exact) mass is 259 g/mol. The van der Waals surface area contributed by atoms with Crippen molar-refractivity contribution < 1.29 is 0 Å². The van der Waals surface area contributed by atoms with E-state index in [0.717, 1.165) is 17.3 Å². The maximum atomic E-state index is 4.61. The highest BCUT2D eigenvalue weighted by molar-refractivity contribution is 5.51. The SMILES string of the molecule is Cc1cn(C2CCCCC2)c(Nc2cnn(C)c2)n1. The van der Waals surface area contributed by atoms with Gasteiger partial charge in [0.25, 0.3) is 0 Å². The Bertz CT molecular complexity index is 548. The molecule has 0 atom stereocenters. The van der Waals surface area contributed by atoms with Crippen LogP contribution in [0.3, 0.4) is 0 Å². The lowest BCUT2D eigenvalue weighted by Gasteiger charge is -2.24. The quantitative estimate of drug-likeness (QED) is 0.921. The van der Waals surface area contributed by atoms with Gasteiger partial charge in [0.05, 0.1) is 17.6 Å². The Hall–Kier alpha value is -1.78. The van der Waals surface area contributed by atoms with E-state index in [2.05, 4.69) is 26.2 Å². The summed E-state index contributed by atoms with van der Waals surface area (Å²) >= 11 is 0. The van der Waals surface area contributed by atoms with Crippen LogP contribution in [-0.2, 0) is 7.05 Å². The number of nitrogens with one attached hydrogen (secondary N) is 1. The molecule has 1 fully saturated rings. The fraction of sp³-hybridized carbons (Fsp3) is 0.571. The van der Waals surface area contributed by atoms with E-state index in [4.69, 9.17) is 0 Å². The summed E-state index contributed by atoms with van der Waals surface area (Å²) in [5.41, 5.74) is 2.06. The van der Waals surface area contributed by atoms with Crippen LogP contribution in [0.25, 0.3) is 0 Å². The van der Waals surface area contributed by atoms with Gasteiger partial charge in [0.2, 0.25) is 5.95 Å². The topological polar surface area (TPSA) is 47.7 Å². The molecule has 0 saturated heterocycles. The van der Waals surface area contributed by atoms with Crippen LogP contribution in [0.15, 0.2) is 18.6 Å². The van der Waals surface area contributed by atoms with Crippen LogP contribution < -0.4 is 5.32 Å². The third kappa shape index (κ3) is 2.64. The van der Waals surface area contributed by atoms with Gasteiger partial charge in [-0.25, -0.2) is 4.98 Å². The van der Waals surface area contributed by atoms with E-state index in [0.29, 0.717) is 6.04 Å². The Morgan fingerprint density at radius 1 is 1.21 bits per heavy atom. The number of hydrogen-bond donors (Lipinski definition) is 1. The van der Waals surface area contributed by atoms with Gasteiger partial charge in [0, 0.05) is 25.5 Å². The number of imidazole rings is 1. The first-order valence-electron chi connectivity index (χ1n) is 7.03. The van der Waals surface area contributed by atoms with Crippen LogP contribution in [-0.4, -0.2) is 19.3 Å². The summed E-state index contributed by atoms with van der Waals surface area (Å²) < 4.78 is 4.10. The molecule has 2 heterocycles. The zero-order valence-electron chi connectivity index (χ0n) is 11.6. The molecular formula is C14H21N5. The molecule has 0 bridgehead atoms. The molecule has 0 spiro atoms. The van der Waals surface area contributed by atoms with Crippen molar-refractivity contribution >= 4 is 11.6 Å². The van der Waals surface area contributed by atoms with Crippen LogP contribution in [0.2, 0.25) is 0 Å². The molecule has 1 N–H and O–H groups in total. The van der Waals surface area contributed by atoms with Crippen LogP contribution >= 0.6 is 0 Å². The molecule has 0 aromatic carbocycles. The average molecular weight is 259 g/mol. The third-order valence-corrected chi connectivity index (χ3v) is 3.78. The van der Waals surface area contributed by atoms with E-state index in [-0.39, 0.29) is 0 Å². The third-order valence-electron chi connectivity index (χ3n) is 3.78. The smallest absolute Gasteiger partial charge is 0.207 e. The van der Waals surface area contributed by atoms with E-state index < -0.39 is 0 Å². The minimum Gasteiger partial charge on any atom is -0.323 e. The Kier molecular flexibility index (Phi) is 3.27. The Morgan fingerprint density at radius 3 is 2.68 bits per heavy atom. The Morgan fingerprint density at radius 2 is 2.00 bits per heavy atom. The van der Waals surface area contributed by atoms with Crippen LogP contribution in [0.5, 0.6) is 0 Å². The molecule has 0 unspecified atom stereocenters. The summed E-state index contributed by atoms with van der Waals surface area (Å²) in [6.07, 6.45) is 12.5. The van der Waals surface area contributed by atoms with Crippen molar-refractivity contribution in [2.45, 2.75) is 45.1 Å². The van der Waals surface area contributed by atoms with Gasteiger partial charge < -0.3 is 9.88 Å². The molecule has 5 heteroatoms. The number of anilines is 2. The predicted octanol–water partition coefficient (Wildman–Crippen LogP) is 3.17. The molecule has 0 amide bonds. The lowest BCUT2D eigenvalue weighted by Crippen LogP contribution is -2.14. The second kappa shape index (κ2) is 5.07. The molecule has 1 aliphatic carbocycles. The summed E-state index contributed by atoms with van der Waals surface area (Å²) in [5.74, 6) is 0.942. The van der Waals surface area contributed by atoms with Gasteiger partial charge in [-0.2, -0.15) is 5.10 Å². The summed E-state index contributed by atoms with van der Waals surface area (Å²) in [6, 6.07) is 0.592. The molecule has 1 saturated carbocycles. The van der Waals surface area contributed by atoms with E-state index >= 15 is 0 Å². The van der Waals surface area contributed by atoms with Crippen molar-refractivity contribution in [3.05, 3.63) is 24.3 Å². The fourth-order valence-electron chi connectivity index (χ4n) is 2.86. The zero-order chi connectivity index (χ0) is 13.2. The van der Waals surface area contributed by atoms with Gasteiger partial charge in [-0.05, 0) is 19.8 Å². The number of nitrogens with zero attached hydrogens (tertiary/aromatic N) is 4. The molecule has 3 rings (SSSR count). The van der Waals surface area contributed by atoms with Crippen molar-refractivity contribution in [2.75, 3.05) is 5.32 Å². The minimum atomic E-state index is 0.592. The van der Waals surface area contributed by atoms with E-state index in [1.54, 1.807) is 4.68 Å². The van der Waals surface area contributed by atoms with Crippen LogP contribution in [0.4, 0.5) is 11.6 Å².